The van der Waals surface area contributed by atoms with Crippen molar-refractivity contribution in [3.63, 3.8) is 0 Å². The molecule has 1 heterocycles. The predicted octanol–water partition coefficient (Wildman–Crippen LogP) is 2.83. The smallest absolute Gasteiger partial charge is 0.411 e. The minimum absolute atomic E-state index is 0.0442. The molecule has 25 heavy (non-hydrogen) atoms. The van der Waals surface area contributed by atoms with Crippen LogP contribution >= 0.6 is 0 Å². The van der Waals surface area contributed by atoms with Gasteiger partial charge in [0.1, 0.15) is 5.60 Å². The summed E-state index contributed by atoms with van der Waals surface area (Å²) in [4.78, 5) is 25.5. The average molecular weight is 376 g/mol. The zero-order valence-electron chi connectivity index (χ0n) is 16.7. The number of carbonyl (C=O) groups excluding carboxylic acids is 1. The first-order valence-electron chi connectivity index (χ1n) is 8.58. The van der Waals surface area contributed by atoms with Crippen molar-refractivity contribution in [2.75, 3.05) is 13.2 Å². The van der Waals surface area contributed by atoms with Crippen LogP contribution in [0.25, 0.3) is 0 Å². The summed E-state index contributed by atoms with van der Waals surface area (Å²) in [5.74, 6) is -1.25. The van der Waals surface area contributed by atoms with Crippen molar-refractivity contribution >= 4 is 20.4 Å². The highest BCUT2D eigenvalue weighted by Crippen LogP contribution is 2.41. The molecular weight excluding hydrogens is 342 g/mol. The summed E-state index contributed by atoms with van der Waals surface area (Å²) in [6.07, 6.45) is -1.15. The largest absolute Gasteiger partial charge is 0.479 e. The number of aliphatic hydroxyl groups excluding tert-OH is 1. The lowest BCUT2D eigenvalue weighted by Gasteiger charge is -2.38. The van der Waals surface area contributed by atoms with Crippen LogP contribution < -0.4 is 0 Å². The zero-order chi connectivity index (χ0) is 19.8. The summed E-state index contributed by atoms with van der Waals surface area (Å²) < 4.78 is 11.6. The third kappa shape index (κ3) is 4.74. The third-order valence-corrected chi connectivity index (χ3v) is 9.54. The fourth-order valence-corrected chi connectivity index (χ4v) is 3.93. The molecule has 1 aliphatic heterocycles. The number of aliphatic carboxylic acids is 1. The highest BCUT2D eigenvalue weighted by Gasteiger charge is 2.56. The van der Waals surface area contributed by atoms with Gasteiger partial charge in [-0.3, -0.25) is 4.90 Å². The van der Waals surface area contributed by atoms with Crippen molar-refractivity contribution in [2.24, 2.45) is 0 Å². The Hall–Kier alpha value is -1.12. The molecule has 2 atom stereocenters. The lowest BCUT2D eigenvalue weighted by molar-refractivity contribution is -0.152. The van der Waals surface area contributed by atoms with Gasteiger partial charge >= 0.3 is 12.1 Å². The Morgan fingerprint density at radius 2 is 1.72 bits per heavy atom. The van der Waals surface area contributed by atoms with Crippen LogP contribution in [-0.4, -0.2) is 65.9 Å². The molecule has 0 spiro atoms. The minimum atomic E-state index is -2.14. The van der Waals surface area contributed by atoms with E-state index in [4.69, 9.17) is 9.16 Å². The molecule has 0 bridgehead atoms. The highest BCUT2D eigenvalue weighted by molar-refractivity contribution is 6.74. The summed E-state index contributed by atoms with van der Waals surface area (Å²) in [6, 6.07) is 0. The number of carboxylic acids is 1. The summed E-state index contributed by atoms with van der Waals surface area (Å²) in [5.41, 5.74) is -2.47. The second-order valence-corrected chi connectivity index (χ2v) is 14.0. The van der Waals surface area contributed by atoms with Gasteiger partial charge in [-0.1, -0.05) is 20.8 Å². The molecule has 0 aromatic carbocycles. The Morgan fingerprint density at radius 3 is 2.08 bits per heavy atom. The number of aliphatic hydroxyl groups is 1. The number of hydrogen-bond donors (Lipinski definition) is 2. The first-order valence-corrected chi connectivity index (χ1v) is 11.5. The fraction of sp³-hybridized carbons (Fsp3) is 0.882. The summed E-state index contributed by atoms with van der Waals surface area (Å²) in [7, 11) is -2.14. The van der Waals surface area contributed by atoms with Gasteiger partial charge in [0.05, 0.1) is 19.3 Å². The van der Waals surface area contributed by atoms with Crippen LogP contribution in [0.5, 0.6) is 0 Å². The molecule has 8 heteroatoms. The number of likely N-dealkylation sites (tertiary alicyclic amines) is 1. The molecule has 0 aromatic rings. The van der Waals surface area contributed by atoms with Crippen LogP contribution in [0.1, 0.15) is 48.0 Å². The molecular formula is C17H33NO6Si. The number of hydrogen-bond acceptors (Lipinski definition) is 5. The molecule has 146 valence electrons. The maximum Gasteiger partial charge on any atom is 0.411 e. The topological polar surface area (TPSA) is 96.3 Å². The van der Waals surface area contributed by atoms with Crippen molar-refractivity contribution in [3.05, 3.63) is 0 Å². The van der Waals surface area contributed by atoms with Crippen LogP contribution in [0.2, 0.25) is 18.1 Å². The van der Waals surface area contributed by atoms with Crippen LogP contribution in [0.4, 0.5) is 4.79 Å². The van der Waals surface area contributed by atoms with E-state index in [1.807, 2.05) is 0 Å². The van der Waals surface area contributed by atoms with Gasteiger partial charge in [-0.05, 0) is 38.9 Å². The number of carbonyl (C=O) groups is 2. The lowest BCUT2D eigenvalue weighted by Crippen LogP contribution is -2.56. The van der Waals surface area contributed by atoms with Gasteiger partial charge in [-0.25, -0.2) is 9.59 Å². The van der Waals surface area contributed by atoms with E-state index in [1.165, 1.54) is 0 Å². The lowest BCUT2D eigenvalue weighted by atomic mass is 9.97. The van der Waals surface area contributed by atoms with Gasteiger partial charge in [-0.15, -0.1) is 0 Å². The Bertz CT molecular complexity index is 522. The molecule has 0 radical (unpaired) electrons. The van der Waals surface area contributed by atoms with E-state index >= 15 is 0 Å². The average Bonchev–Trinajstić information content (AvgIpc) is 2.74. The Labute approximate surface area is 151 Å². The van der Waals surface area contributed by atoms with E-state index in [9.17, 15) is 19.8 Å². The van der Waals surface area contributed by atoms with Gasteiger partial charge < -0.3 is 19.4 Å². The Morgan fingerprint density at radius 1 is 1.20 bits per heavy atom. The number of amides is 1. The Kier molecular flexibility index (Phi) is 6.04. The van der Waals surface area contributed by atoms with E-state index in [0.29, 0.717) is 0 Å². The maximum atomic E-state index is 12.5. The van der Waals surface area contributed by atoms with Crippen LogP contribution in [-0.2, 0) is 14.0 Å². The number of nitrogens with zero attached hydrogens (tertiary/aromatic N) is 1. The molecule has 7 nitrogen and oxygen atoms in total. The molecule has 0 aromatic heterocycles. The van der Waals surface area contributed by atoms with E-state index in [1.54, 1.807) is 20.8 Å². The third-order valence-electron chi connectivity index (χ3n) is 5.01. The molecule has 1 fully saturated rings. The quantitative estimate of drug-likeness (QED) is 0.734. The molecule has 1 rings (SSSR count). The standard InChI is InChI=1S/C17H33NO6Si/c1-15(2,3)23-14(22)18-10-12(9-17(18,11-19)13(20)21)24-25(7,8)16(4,5)6/h12,19H,9-11H2,1-8H3,(H,20,21)/t12-,17+/m1/s1. The maximum absolute atomic E-state index is 12.5. The zero-order valence-corrected chi connectivity index (χ0v) is 17.7. The normalized spacial score (nSPS) is 25.2. The van der Waals surface area contributed by atoms with Crippen molar-refractivity contribution in [1.82, 2.24) is 4.90 Å². The number of carboxylic acid groups (broad SMARTS) is 1. The monoisotopic (exact) mass is 375 g/mol. The van der Waals surface area contributed by atoms with Gasteiger partial charge in [0.2, 0.25) is 0 Å². The molecule has 0 saturated carbocycles. The highest BCUT2D eigenvalue weighted by atomic mass is 28.4. The molecule has 1 saturated heterocycles. The summed E-state index contributed by atoms with van der Waals surface area (Å²) in [6.45, 7) is 15.0. The second-order valence-electron chi connectivity index (χ2n) is 9.29. The minimum Gasteiger partial charge on any atom is -0.479 e. The summed E-state index contributed by atoms with van der Waals surface area (Å²) >= 11 is 0. The first-order chi connectivity index (χ1) is 11.1. The molecule has 0 unspecified atom stereocenters. The Balaban J connectivity index is 3.11. The van der Waals surface area contributed by atoms with Crippen molar-refractivity contribution in [3.8, 4) is 0 Å². The van der Waals surface area contributed by atoms with E-state index in [2.05, 4.69) is 33.9 Å². The summed E-state index contributed by atoms with van der Waals surface area (Å²) in [5, 5.41) is 19.5. The van der Waals surface area contributed by atoms with Crippen LogP contribution in [0.3, 0.4) is 0 Å². The molecule has 2 N–H and O–H groups in total. The van der Waals surface area contributed by atoms with E-state index in [-0.39, 0.29) is 18.0 Å². The van der Waals surface area contributed by atoms with Crippen molar-refractivity contribution in [2.45, 2.75) is 83.3 Å². The second kappa shape index (κ2) is 6.89. The van der Waals surface area contributed by atoms with Gasteiger partial charge in [0, 0.05) is 6.42 Å². The fourth-order valence-electron chi connectivity index (χ4n) is 2.59. The van der Waals surface area contributed by atoms with E-state index < -0.39 is 44.2 Å². The number of rotatable bonds is 4. The van der Waals surface area contributed by atoms with Crippen molar-refractivity contribution in [1.29, 1.82) is 0 Å². The van der Waals surface area contributed by atoms with E-state index in [0.717, 1.165) is 4.90 Å². The molecule has 0 aliphatic carbocycles. The predicted molar refractivity (Wildman–Crippen MR) is 97.1 cm³/mol. The first kappa shape index (κ1) is 21.9. The van der Waals surface area contributed by atoms with Gasteiger partial charge in [-0.2, -0.15) is 0 Å². The van der Waals surface area contributed by atoms with Gasteiger partial charge in [0.15, 0.2) is 13.9 Å². The van der Waals surface area contributed by atoms with Gasteiger partial charge in [0.25, 0.3) is 0 Å². The molecule has 1 amide bonds. The van der Waals surface area contributed by atoms with Crippen LogP contribution in [0, 0.1) is 0 Å². The number of ether oxygens (including phenoxy) is 1. The van der Waals surface area contributed by atoms with Crippen molar-refractivity contribution < 1.29 is 29.0 Å². The molecule has 1 aliphatic rings. The van der Waals surface area contributed by atoms with Crippen LogP contribution in [0.15, 0.2) is 0 Å². The SMILES string of the molecule is CC(C)(C)OC(=O)N1C[C@H](O[Si](C)(C)C(C)(C)C)C[C@]1(CO)C(=O)O.